The van der Waals surface area contributed by atoms with Crippen molar-refractivity contribution in [3.8, 4) is 5.88 Å². The summed E-state index contributed by atoms with van der Waals surface area (Å²) in [5.74, 6) is 2.36. The number of amides is 1. The number of hydrogen-bond donors (Lipinski definition) is 4. The molecule has 9 heteroatoms. The van der Waals surface area contributed by atoms with Gasteiger partial charge in [0.25, 0.3) is 5.91 Å². The van der Waals surface area contributed by atoms with Gasteiger partial charge >= 0.3 is 0 Å². The lowest BCUT2D eigenvalue weighted by Crippen LogP contribution is -2.58. The summed E-state index contributed by atoms with van der Waals surface area (Å²) in [7, 11) is 0. The summed E-state index contributed by atoms with van der Waals surface area (Å²) in [4.78, 5) is 15.7. The third-order valence-electron chi connectivity index (χ3n) is 12.3. The average Bonchev–Trinajstić information content (AvgIpc) is 3.43. The van der Waals surface area contributed by atoms with Crippen LogP contribution in [0.25, 0.3) is 10.9 Å². The van der Waals surface area contributed by atoms with Gasteiger partial charge in [0.15, 0.2) is 5.69 Å². The molecule has 1 aromatic heterocycles. The molecule has 41 heavy (non-hydrogen) atoms. The minimum Gasteiger partial charge on any atom is -0.493 e. The van der Waals surface area contributed by atoms with E-state index in [1.807, 2.05) is 12.1 Å². The van der Waals surface area contributed by atoms with Gasteiger partial charge in [-0.2, -0.15) is 0 Å². The Bertz CT molecular complexity index is 1360. The zero-order valence-electron chi connectivity index (χ0n) is 24.2. The Morgan fingerprint density at radius 1 is 1.07 bits per heavy atom. The van der Waals surface area contributed by atoms with E-state index in [4.69, 9.17) is 0 Å². The number of carbonyl (C=O) groups is 1. The molecule has 4 N–H and O–H groups in total. The molecular formula is C32H43Br2N3O4. The molecule has 0 unspecified atom stereocenters. The summed E-state index contributed by atoms with van der Waals surface area (Å²) in [5, 5.41) is 41.0. The highest BCUT2D eigenvalue weighted by atomic mass is 79.9. The van der Waals surface area contributed by atoms with Crippen LogP contribution in [0.4, 0.5) is 5.69 Å². The highest BCUT2D eigenvalue weighted by molar-refractivity contribution is 9.11. The van der Waals surface area contributed by atoms with Crippen LogP contribution in [0, 0.1) is 46.3 Å². The van der Waals surface area contributed by atoms with Crippen molar-refractivity contribution in [2.45, 2.75) is 97.2 Å². The number of H-pyrrole nitrogens is 1. The van der Waals surface area contributed by atoms with Crippen molar-refractivity contribution in [3.05, 3.63) is 21.1 Å². The monoisotopic (exact) mass is 691 g/mol. The number of benzene rings is 1. The third kappa shape index (κ3) is 5.04. The molecule has 1 aromatic carbocycles. The van der Waals surface area contributed by atoms with E-state index < -0.39 is 0 Å². The largest absolute Gasteiger partial charge is 0.493 e. The maximum Gasteiger partial charge on any atom is 0.264 e. The molecule has 0 aliphatic heterocycles. The van der Waals surface area contributed by atoms with Gasteiger partial charge in [0.2, 0.25) is 5.88 Å². The number of aromatic amines is 1. The minimum absolute atomic E-state index is 0.112. The Hall–Kier alpha value is -1.29. The molecule has 224 valence electrons. The van der Waals surface area contributed by atoms with Gasteiger partial charge in [0.05, 0.1) is 17.7 Å². The number of hydrogen-bond acceptors (Lipinski definition) is 5. The standard InChI is InChI=1S/C32H43Br2N3O4/c1-16(4-7-26(40)36-37-29-20-14-18(33)15-24(34)28(20)35-30(29)41)21-5-6-22-27-23(9-11-32(21,22)3)31(2)10-8-19(38)12-17(31)13-25(27)39/h14-17,19,21-23,25,27,35,38-39,41H,4-13H2,1-3H3/t16-,17-,19+,21+,22-,23+,25-,27-,31-,32-/m1/s1. The van der Waals surface area contributed by atoms with Crippen LogP contribution in [0.2, 0.25) is 0 Å². The Balaban J connectivity index is 1.11. The fourth-order valence-electron chi connectivity index (χ4n) is 10.2. The molecule has 0 spiro atoms. The van der Waals surface area contributed by atoms with Gasteiger partial charge in [0.1, 0.15) is 0 Å². The number of aliphatic hydroxyl groups excluding tert-OH is 2. The van der Waals surface area contributed by atoms with Crippen molar-refractivity contribution in [2.24, 2.45) is 56.6 Å². The predicted octanol–water partition coefficient (Wildman–Crippen LogP) is 8.42. The van der Waals surface area contributed by atoms with E-state index in [0.29, 0.717) is 52.8 Å². The van der Waals surface area contributed by atoms with Crippen LogP contribution in [0.1, 0.15) is 85.0 Å². The van der Waals surface area contributed by atoms with Crippen molar-refractivity contribution in [1.82, 2.24) is 4.98 Å². The molecule has 0 bridgehead atoms. The van der Waals surface area contributed by atoms with Crippen molar-refractivity contribution >= 4 is 54.4 Å². The minimum atomic E-state index is -0.274. The number of aromatic nitrogens is 1. The molecule has 4 fully saturated rings. The van der Waals surface area contributed by atoms with Crippen molar-refractivity contribution in [3.63, 3.8) is 0 Å². The van der Waals surface area contributed by atoms with Gasteiger partial charge < -0.3 is 20.3 Å². The molecule has 1 amide bonds. The second-order valence-corrected chi connectivity index (χ2v) is 16.0. The second-order valence-electron chi connectivity index (χ2n) is 14.2. The van der Waals surface area contributed by atoms with E-state index in [2.05, 4.69) is 67.8 Å². The number of fused-ring (bicyclic) bond motifs is 6. The fourth-order valence-corrected chi connectivity index (χ4v) is 11.5. The van der Waals surface area contributed by atoms with Crippen LogP contribution in [-0.2, 0) is 4.79 Å². The second kappa shape index (κ2) is 11.0. The zero-order chi connectivity index (χ0) is 29.3. The number of aliphatic hydroxyl groups is 2. The van der Waals surface area contributed by atoms with Crippen LogP contribution in [0.5, 0.6) is 5.88 Å². The summed E-state index contributed by atoms with van der Waals surface area (Å²) in [6.07, 6.45) is 8.93. The maximum atomic E-state index is 12.8. The molecule has 2 aromatic rings. The number of aromatic hydroxyl groups is 1. The smallest absolute Gasteiger partial charge is 0.264 e. The van der Waals surface area contributed by atoms with Crippen molar-refractivity contribution < 1.29 is 20.1 Å². The first-order chi connectivity index (χ1) is 19.4. The van der Waals surface area contributed by atoms with Crippen LogP contribution in [-0.4, -0.2) is 38.4 Å². The van der Waals surface area contributed by atoms with Crippen molar-refractivity contribution in [2.75, 3.05) is 0 Å². The molecule has 7 nitrogen and oxygen atoms in total. The molecule has 0 radical (unpaired) electrons. The molecule has 0 saturated heterocycles. The number of nitrogens with one attached hydrogen (secondary N) is 1. The number of azo groups is 1. The van der Waals surface area contributed by atoms with E-state index in [1.54, 1.807) is 0 Å². The summed E-state index contributed by atoms with van der Waals surface area (Å²) < 4.78 is 1.61. The lowest BCUT2D eigenvalue weighted by atomic mass is 9.43. The predicted molar refractivity (Wildman–Crippen MR) is 166 cm³/mol. The molecule has 6 rings (SSSR count). The van der Waals surface area contributed by atoms with E-state index in [-0.39, 0.29) is 40.5 Å². The number of carbonyl (C=O) groups excluding carboxylic acids is 1. The van der Waals surface area contributed by atoms with Gasteiger partial charge in [-0.05, 0) is 132 Å². The molecule has 4 aliphatic rings. The molecule has 4 aliphatic carbocycles. The first kappa shape index (κ1) is 29.8. The molecule has 1 heterocycles. The van der Waals surface area contributed by atoms with E-state index >= 15 is 0 Å². The summed E-state index contributed by atoms with van der Waals surface area (Å²) in [5.41, 5.74) is 1.38. The van der Waals surface area contributed by atoms with Crippen LogP contribution < -0.4 is 0 Å². The number of rotatable bonds is 5. The average molecular weight is 694 g/mol. The molecular weight excluding hydrogens is 650 g/mol. The maximum absolute atomic E-state index is 12.8. The lowest BCUT2D eigenvalue weighted by molar-refractivity contribution is -0.174. The Kier molecular flexibility index (Phi) is 7.99. The normalized spacial score (nSPS) is 39.4. The number of halogens is 2. The van der Waals surface area contributed by atoms with Crippen LogP contribution in [0.3, 0.4) is 0 Å². The summed E-state index contributed by atoms with van der Waals surface area (Å²) >= 11 is 6.95. The number of nitrogens with zero attached hydrogens (tertiary/aromatic N) is 2. The quantitative estimate of drug-likeness (QED) is 0.235. The van der Waals surface area contributed by atoms with Crippen LogP contribution >= 0.6 is 31.9 Å². The van der Waals surface area contributed by atoms with Gasteiger partial charge in [-0.25, -0.2) is 0 Å². The Morgan fingerprint density at radius 2 is 1.80 bits per heavy atom. The first-order valence-electron chi connectivity index (χ1n) is 15.4. The summed E-state index contributed by atoms with van der Waals surface area (Å²) in [6, 6.07) is 3.71. The Morgan fingerprint density at radius 3 is 2.59 bits per heavy atom. The van der Waals surface area contributed by atoms with Gasteiger partial charge in [0, 0.05) is 20.8 Å². The highest BCUT2D eigenvalue weighted by Gasteiger charge is 2.62. The van der Waals surface area contributed by atoms with Crippen LogP contribution in [0.15, 0.2) is 31.3 Å². The SMILES string of the molecule is C[C@H](CCC(=O)N=Nc1c(O)[nH]c2c(Br)cc(Br)cc12)[C@@H]1CC[C@@H]2[C@H]3[C@H](O)C[C@H]4C[C@@H](O)CC[C@@]4(C)[C@H]3CC[C@@]21C. The molecule has 10 atom stereocenters. The van der Waals surface area contributed by atoms with Gasteiger partial charge in [-0.1, -0.05) is 36.7 Å². The fraction of sp³-hybridized carbons (Fsp3) is 0.719. The first-order valence-corrected chi connectivity index (χ1v) is 17.0. The van der Waals surface area contributed by atoms with E-state index in [0.717, 1.165) is 60.3 Å². The summed E-state index contributed by atoms with van der Waals surface area (Å²) in [6.45, 7) is 7.20. The van der Waals surface area contributed by atoms with Gasteiger partial charge in [-0.3, -0.25) is 4.79 Å². The third-order valence-corrected chi connectivity index (χ3v) is 13.4. The topological polar surface area (TPSA) is 118 Å². The van der Waals surface area contributed by atoms with Gasteiger partial charge in [-0.15, -0.1) is 10.2 Å². The highest BCUT2D eigenvalue weighted by Crippen LogP contribution is 2.68. The lowest BCUT2D eigenvalue weighted by Gasteiger charge is -2.62. The zero-order valence-corrected chi connectivity index (χ0v) is 27.4. The van der Waals surface area contributed by atoms with E-state index in [9.17, 15) is 20.1 Å². The molecule has 4 saturated carbocycles. The Labute approximate surface area is 259 Å². The van der Waals surface area contributed by atoms with Crippen molar-refractivity contribution in [1.29, 1.82) is 0 Å². The van der Waals surface area contributed by atoms with E-state index in [1.165, 1.54) is 6.42 Å².